The lowest BCUT2D eigenvalue weighted by atomic mass is 10.0. The molecule has 0 radical (unpaired) electrons. The van der Waals surface area contributed by atoms with E-state index in [1.807, 2.05) is 64.9 Å². The number of aromatic nitrogens is 2. The van der Waals surface area contributed by atoms with Crippen molar-refractivity contribution in [1.29, 1.82) is 0 Å². The molecule has 29 heavy (non-hydrogen) atoms. The first-order chi connectivity index (χ1) is 14.2. The van der Waals surface area contributed by atoms with Gasteiger partial charge in [-0.3, -0.25) is 14.8 Å². The number of anilines is 1. The van der Waals surface area contributed by atoms with Gasteiger partial charge in [-0.15, -0.1) is 11.3 Å². The molecule has 4 aromatic rings. The zero-order valence-electron chi connectivity index (χ0n) is 15.4. The molecule has 0 spiro atoms. The van der Waals surface area contributed by atoms with Crippen LogP contribution < -0.4 is 9.64 Å². The van der Waals surface area contributed by atoms with Crippen molar-refractivity contribution in [1.82, 2.24) is 10.2 Å². The molecule has 2 aromatic heterocycles. The fourth-order valence-corrected chi connectivity index (χ4v) is 4.79. The van der Waals surface area contributed by atoms with Crippen LogP contribution in [0.2, 0.25) is 0 Å². The van der Waals surface area contributed by atoms with Crippen LogP contribution in [-0.4, -0.2) is 23.2 Å². The van der Waals surface area contributed by atoms with E-state index in [0.29, 0.717) is 5.69 Å². The van der Waals surface area contributed by atoms with Crippen LogP contribution in [0, 0.1) is 0 Å². The average molecular weight is 466 g/mol. The molecule has 0 bridgehead atoms. The molecule has 0 saturated heterocycles. The number of carbonyl (C=O) groups excluding carboxylic acids is 1. The van der Waals surface area contributed by atoms with Gasteiger partial charge in [0.25, 0.3) is 5.91 Å². The fraction of sp³-hybridized carbons (Fsp3) is 0.0909. The monoisotopic (exact) mass is 465 g/mol. The second-order valence-corrected chi connectivity index (χ2v) is 8.55. The molecule has 144 valence electrons. The van der Waals surface area contributed by atoms with Gasteiger partial charge in [0.05, 0.1) is 12.8 Å². The highest BCUT2D eigenvalue weighted by Gasteiger charge is 2.43. The highest BCUT2D eigenvalue weighted by atomic mass is 79.9. The van der Waals surface area contributed by atoms with E-state index >= 15 is 0 Å². The summed E-state index contributed by atoms with van der Waals surface area (Å²) < 4.78 is 6.24. The summed E-state index contributed by atoms with van der Waals surface area (Å²) >= 11 is 5.11. The van der Waals surface area contributed by atoms with Crippen molar-refractivity contribution < 1.29 is 9.53 Å². The standard InChI is InChI=1S/C22H16BrN3O2S/c1-28-16-10-4-13(5-11-16)19-18-20(25-24-19)22(27)26(15-8-6-14(23)7-9-15)21(18)17-3-2-12-29-17/h2-12,21H,1H3,(H,24,25)/t21-/m1/s1. The second-order valence-electron chi connectivity index (χ2n) is 6.66. The Morgan fingerprint density at radius 2 is 1.86 bits per heavy atom. The van der Waals surface area contributed by atoms with Gasteiger partial charge in [-0.25, -0.2) is 0 Å². The number of hydrogen-bond donors (Lipinski definition) is 1. The largest absolute Gasteiger partial charge is 0.497 e. The van der Waals surface area contributed by atoms with Crippen LogP contribution in [0.15, 0.2) is 70.5 Å². The number of methoxy groups -OCH3 is 1. The number of halogens is 1. The minimum Gasteiger partial charge on any atom is -0.497 e. The minimum absolute atomic E-state index is 0.0759. The predicted octanol–water partition coefficient (Wildman–Crippen LogP) is 5.66. The quantitative estimate of drug-likeness (QED) is 0.422. The van der Waals surface area contributed by atoms with Crippen LogP contribution in [-0.2, 0) is 0 Å². The van der Waals surface area contributed by atoms with Crippen LogP contribution in [0.3, 0.4) is 0 Å². The Morgan fingerprint density at radius 3 is 2.52 bits per heavy atom. The van der Waals surface area contributed by atoms with Gasteiger partial charge in [0, 0.05) is 26.2 Å². The van der Waals surface area contributed by atoms with E-state index < -0.39 is 0 Å². The molecule has 5 rings (SSSR count). The molecule has 0 fully saturated rings. The molecule has 1 amide bonds. The first-order valence-corrected chi connectivity index (χ1v) is 10.7. The number of H-pyrrole nitrogens is 1. The lowest BCUT2D eigenvalue weighted by Gasteiger charge is -2.25. The van der Waals surface area contributed by atoms with E-state index in [0.717, 1.165) is 37.6 Å². The van der Waals surface area contributed by atoms with E-state index in [9.17, 15) is 4.79 Å². The molecule has 7 heteroatoms. The minimum atomic E-state index is -0.227. The van der Waals surface area contributed by atoms with E-state index in [4.69, 9.17) is 4.74 Å². The summed E-state index contributed by atoms with van der Waals surface area (Å²) in [5.74, 6) is 0.705. The van der Waals surface area contributed by atoms with Crippen LogP contribution in [0.4, 0.5) is 5.69 Å². The van der Waals surface area contributed by atoms with Crippen molar-refractivity contribution in [2.75, 3.05) is 12.0 Å². The zero-order chi connectivity index (χ0) is 20.0. The maximum Gasteiger partial charge on any atom is 0.277 e. The Bertz CT molecular complexity index is 1170. The lowest BCUT2D eigenvalue weighted by Crippen LogP contribution is -2.28. The fourth-order valence-electron chi connectivity index (χ4n) is 3.70. The van der Waals surface area contributed by atoms with Crippen molar-refractivity contribution in [3.8, 4) is 17.0 Å². The van der Waals surface area contributed by atoms with Gasteiger partial charge in [0.1, 0.15) is 17.5 Å². The maximum atomic E-state index is 13.4. The SMILES string of the molecule is COc1ccc(-c2n[nH]c3c2[C@@H](c2cccs2)N(c2ccc(Br)cc2)C3=O)cc1. The van der Waals surface area contributed by atoms with Gasteiger partial charge in [0.2, 0.25) is 0 Å². The van der Waals surface area contributed by atoms with Gasteiger partial charge in [0.15, 0.2) is 0 Å². The molecule has 0 aliphatic carbocycles. The molecule has 0 saturated carbocycles. The number of rotatable bonds is 4. The number of aromatic amines is 1. The summed E-state index contributed by atoms with van der Waals surface area (Å²) in [5.41, 5.74) is 4.02. The van der Waals surface area contributed by atoms with Gasteiger partial charge in [-0.05, 0) is 60.0 Å². The van der Waals surface area contributed by atoms with E-state index in [1.54, 1.807) is 18.4 Å². The van der Waals surface area contributed by atoms with E-state index in [2.05, 4.69) is 32.2 Å². The first kappa shape index (κ1) is 18.1. The number of ether oxygens (including phenoxy) is 1. The first-order valence-electron chi connectivity index (χ1n) is 9.02. The van der Waals surface area contributed by atoms with Crippen LogP contribution >= 0.6 is 27.3 Å². The average Bonchev–Trinajstić information content (AvgIpc) is 3.47. The van der Waals surface area contributed by atoms with Crippen LogP contribution in [0.1, 0.15) is 27.0 Å². The third kappa shape index (κ3) is 2.97. The number of amides is 1. The van der Waals surface area contributed by atoms with Crippen molar-refractivity contribution in [3.63, 3.8) is 0 Å². The van der Waals surface area contributed by atoms with Gasteiger partial charge in [-0.2, -0.15) is 5.10 Å². The van der Waals surface area contributed by atoms with Crippen molar-refractivity contribution >= 4 is 38.9 Å². The summed E-state index contributed by atoms with van der Waals surface area (Å²) in [6.45, 7) is 0. The van der Waals surface area contributed by atoms with Crippen molar-refractivity contribution in [2.24, 2.45) is 0 Å². The highest BCUT2D eigenvalue weighted by molar-refractivity contribution is 9.10. The molecule has 0 unspecified atom stereocenters. The Kier molecular flexibility index (Phi) is 4.49. The Labute approximate surface area is 180 Å². The number of carbonyl (C=O) groups is 1. The molecule has 1 N–H and O–H groups in total. The van der Waals surface area contributed by atoms with Gasteiger partial charge >= 0.3 is 0 Å². The Morgan fingerprint density at radius 1 is 1.10 bits per heavy atom. The molecule has 1 aliphatic rings. The number of nitrogens with zero attached hydrogens (tertiary/aromatic N) is 2. The van der Waals surface area contributed by atoms with Gasteiger partial charge < -0.3 is 4.74 Å². The summed E-state index contributed by atoms with van der Waals surface area (Å²) in [6, 6.07) is 19.4. The van der Waals surface area contributed by atoms with Crippen molar-refractivity contribution in [2.45, 2.75) is 6.04 Å². The van der Waals surface area contributed by atoms with Crippen molar-refractivity contribution in [3.05, 3.63) is 86.7 Å². The molecule has 2 aromatic carbocycles. The summed E-state index contributed by atoms with van der Waals surface area (Å²) in [7, 11) is 1.64. The summed E-state index contributed by atoms with van der Waals surface area (Å²) in [4.78, 5) is 16.3. The van der Waals surface area contributed by atoms with Gasteiger partial charge in [-0.1, -0.05) is 22.0 Å². The maximum absolute atomic E-state index is 13.4. The summed E-state index contributed by atoms with van der Waals surface area (Å²) in [5, 5.41) is 9.52. The molecule has 1 aliphatic heterocycles. The number of fused-ring (bicyclic) bond motifs is 1. The number of nitrogens with one attached hydrogen (secondary N) is 1. The van der Waals surface area contributed by atoms with E-state index in [1.165, 1.54) is 0 Å². The lowest BCUT2D eigenvalue weighted by molar-refractivity contribution is 0.0989. The second kappa shape index (κ2) is 7.17. The number of benzene rings is 2. The highest BCUT2D eigenvalue weighted by Crippen LogP contribution is 2.46. The Balaban J connectivity index is 1.67. The topological polar surface area (TPSA) is 58.2 Å². The molecular formula is C22H16BrN3O2S. The third-order valence-corrected chi connectivity index (χ3v) is 6.50. The molecule has 1 atom stereocenters. The Hall–Kier alpha value is -2.90. The normalized spacial score (nSPS) is 15.6. The van der Waals surface area contributed by atoms with E-state index in [-0.39, 0.29) is 11.9 Å². The molecule has 3 heterocycles. The predicted molar refractivity (Wildman–Crippen MR) is 118 cm³/mol. The van der Waals surface area contributed by atoms with Crippen LogP contribution in [0.5, 0.6) is 5.75 Å². The number of hydrogen-bond acceptors (Lipinski definition) is 4. The van der Waals surface area contributed by atoms with Crippen LogP contribution in [0.25, 0.3) is 11.3 Å². The number of thiophene rings is 1. The molecule has 5 nitrogen and oxygen atoms in total. The summed E-state index contributed by atoms with van der Waals surface area (Å²) in [6.07, 6.45) is 0. The smallest absolute Gasteiger partial charge is 0.277 e. The third-order valence-electron chi connectivity index (χ3n) is 5.05. The zero-order valence-corrected chi connectivity index (χ0v) is 17.8. The molecular weight excluding hydrogens is 450 g/mol.